The zero-order chi connectivity index (χ0) is 25.4. The fourth-order valence-electron chi connectivity index (χ4n) is 4.30. The summed E-state index contributed by atoms with van der Waals surface area (Å²) in [5, 5.41) is 15.9. The molecule has 3 rings (SSSR count). The predicted octanol–water partition coefficient (Wildman–Crippen LogP) is 7.02. The predicted molar refractivity (Wildman–Crippen MR) is 132 cm³/mol. The summed E-state index contributed by atoms with van der Waals surface area (Å²) >= 11 is 3.51. The molecule has 0 spiro atoms. The van der Waals surface area contributed by atoms with Gasteiger partial charge in [-0.2, -0.15) is 13.2 Å². The average Bonchev–Trinajstić information content (AvgIpc) is 2.82. The van der Waals surface area contributed by atoms with E-state index in [4.69, 9.17) is 9.94 Å². The Balaban J connectivity index is 1.63. The van der Waals surface area contributed by atoms with Crippen LogP contribution in [0.2, 0.25) is 0 Å². The Morgan fingerprint density at radius 3 is 2.57 bits per heavy atom. The maximum atomic E-state index is 13.8. The van der Waals surface area contributed by atoms with Crippen LogP contribution in [0.4, 0.5) is 13.2 Å². The molecule has 35 heavy (non-hydrogen) atoms. The molecule has 1 aliphatic carbocycles. The zero-order valence-electron chi connectivity index (χ0n) is 19.6. The van der Waals surface area contributed by atoms with Crippen molar-refractivity contribution in [3.05, 3.63) is 68.7 Å². The number of carboxylic acids is 1. The largest absolute Gasteiger partial charge is 0.481 e. The summed E-state index contributed by atoms with van der Waals surface area (Å²) in [7, 11) is 0. The Bertz CT molecular complexity index is 1050. The third kappa shape index (κ3) is 8.07. The molecule has 2 aromatic rings. The van der Waals surface area contributed by atoms with Gasteiger partial charge in [-0.1, -0.05) is 64.6 Å². The fourth-order valence-corrected chi connectivity index (χ4v) is 4.82. The molecule has 0 bridgehead atoms. The molecule has 1 fully saturated rings. The molecule has 1 saturated carbocycles. The van der Waals surface area contributed by atoms with E-state index in [1.807, 2.05) is 18.2 Å². The molecular weight excluding hydrogens is 525 g/mol. The summed E-state index contributed by atoms with van der Waals surface area (Å²) in [6.45, 7) is 2.59. The van der Waals surface area contributed by atoms with Gasteiger partial charge >= 0.3 is 12.1 Å². The summed E-state index contributed by atoms with van der Waals surface area (Å²) in [4.78, 5) is 16.0. The summed E-state index contributed by atoms with van der Waals surface area (Å²) < 4.78 is 42.1. The Morgan fingerprint density at radius 2 is 1.91 bits per heavy atom. The quantitative estimate of drug-likeness (QED) is 0.188. The maximum Gasteiger partial charge on any atom is 0.416 e. The van der Waals surface area contributed by atoms with Crippen LogP contribution in [0.5, 0.6) is 0 Å². The topological polar surface area (TPSA) is 70.9 Å². The van der Waals surface area contributed by atoms with E-state index in [-0.39, 0.29) is 18.9 Å². The molecule has 2 aromatic carbocycles. The summed E-state index contributed by atoms with van der Waals surface area (Å²) in [6, 6.07) is 10.1. The van der Waals surface area contributed by atoms with Gasteiger partial charge < -0.3 is 15.3 Å². The second-order valence-corrected chi connectivity index (χ2v) is 9.69. The van der Waals surface area contributed by atoms with E-state index in [1.54, 1.807) is 19.1 Å². The van der Waals surface area contributed by atoms with Crippen molar-refractivity contribution in [1.29, 1.82) is 0 Å². The Hall–Kier alpha value is -2.39. The molecule has 0 aliphatic heterocycles. The number of nitrogens with one attached hydrogen (secondary N) is 1. The van der Waals surface area contributed by atoms with Crippen LogP contribution >= 0.6 is 15.9 Å². The van der Waals surface area contributed by atoms with Crippen molar-refractivity contribution in [3.63, 3.8) is 0 Å². The summed E-state index contributed by atoms with van der Waals surface area (Å²) in [6.07, 6.45) is 0.276. The first kappa shape index (κ1) is 27.2. The number of nitrogens with zero attached hydrogens (tertiary/aromatic N) is 1. The second kappa shape index (κ2) is 12.5. The smallest absolute Gasteiger partial charge is 0.416 e. The molecule has 9 heteroatoms. The highest BCUT2D eigenvalue weighted by molar-refractivity contribution is 9.10. The van der Waals surface area contributed by atoms with Crippen LogP contribution in [-0.2, 0) is 29.0 Å². The number of halogens is 4. The lowest BCUT2D eigenvalue weighted by molar-refractivity contribution is -0.139. The number of carboxylic acid groups (broad SMARTS) is 1. The number of oxime groups is 1. The molecule has 1 aliphatic rings. The number of benzene rings is 2. The monoisotopic (exact) mass is 554 g/mol. The molecule has 0 atom stereocenters. The van der Waals surface area contributed by atoms with E-state index in [0.717, 1.165) is 47.7 Å². The van der Waals surface area contributed by atoms with E-state index in [0.29, 0.717) is 29.9 Å². The lowest BCUT2D eigenvalue weighted by atomic mass is 9.81. The van der Waals surface area contributed by atoms with Gasteiger partial charge in [-0.3, -0.25) is 4.79 Å². The van der Waals surface area contributed by atoms with Crippen LogP contribution in [0.3, 0.4) is 0 Å². The minimum atomic E-state index is -4.40. The van der Waals surface area contributed by atoms with E-state index in [2.05, 4.69) is 26.4 Å². The molecule has 5 nitrogen and oxygen atoms in total. The van der Waals surface area contributed by atoms with Crippen molar-refractivity contribution in [3.8, 4) is 0 Å². The van der Waals surface area contributed by atoms with Gasteiger partial charge in [0.1, 0.15) is 6.61 Å². The van der Waals surface area contributed by atoms with Crippen molar-refractivity contribution in [1.82, 2.24) is 5.32 Å². The molecule has 2 N–H and O–H groups in total. The summed E-state index contributed by atoms with van der Waals surface area (Å²) in [5.74, 6) is -0.891. The highest BCUT2D eigenvalue weighted by atomic mass is 79.9. The van der Waals surface area contributed by atoms with Crippen LogP contribution in [-0.4, -0.2) is 23.3 Å². The zero-order valence-corrected chi connectivity index (χ0v) is 21.2. The highest BCUT2D eigenvalue weighted by Gasteiger charge is 2.35. The van der Waals surface area contributed by atoms with Gasteiger partial charge in [0.25, 0.3) is 0 Å². The van der Waals surface area contributed by atoms with Gasteiger partial charge in [0.2, 0.25) is 0 Å². The van der Waals surface area contributed by atoms with Gasteiger partial charge in [-0.05, 0) is 54.5 Å². The summed E-state index contributed by atoms with van der Waals surface area (Å²) in [5.41, 5.74) is 2.61. The number of carbonyl (C=O) groups is 1. The third-order valence-electron chi connectivity index (χ3n) is 6.20. The van der Waals surface area contributed by atoms with Crippen LogP contribution in [0, 0.1) is 0 Å². The van der Waals surface area contributed by atoms with Crippen molar-refractivity contribution < 1.29 is 27.9 Å². The normalized spacial score (nSPS) is 15.3. The molecule has 0 saturated heterocycles. The molecule has 0 unspecified atom stereocenters. The van der Waals surface area contributed by atoms with Gasteiger partial charge in [0.15, 0.2) is 0 Å². The van der Waals surface area contributed by atoms with Crippen molar-refractivity contribution in [2.45, 2.75) is 70.7 Å². The first-order valence-corrected chi connectivity index (χ1v) is 12.5. The fraction of sp³-hybridized carbons (Fsp3) is 0.462. The van der Waals surface area contributed by atoms with E-state index in [9.17, 15) is 18.0 Å². The SMILES string of the molecule is C/C(=N\OCc1ccc(C2CCCCC2)c(C(F)(F)F)c1)c1ccc(CNCCC(=O)O)c(Br)c1. The van der Waals surface area contributed by atoms with Crippen LogP contribution in [0.1, 0.15) is 79.2 Å². The van der Waals surface area contributed by atoms with Crippen LogP contribution in [0.25, 0.3) is 0 Å². The minimum absolute atomic E-state index is 0.0376. The van der Waals surface area contributed by atoms with Crippen molar-refractivity contribution in [2.24, 2.45) is 5.16 Å². The molecule has 0 radical (unpaired) electrons. The van der Waals surface area contributed by atoms with Crippen molar-refractivity contribution in [2.75, 3.05) is 6.54 Å². The number of hydrogen-bond acceptors (Lipinski definition) is 4. The van der Waals surface area contributed by atoms with Crippen LogP contribution < -0.4 is 5.32 Å². The molecule has 0 amide bonds. The lowest BCUT2D eigenvalue weighted by Crippen LogP contribution is -2.17. The van der Waals surface area contributed by atoms with Gasteiger partial charge in [-0.15, -0.1) is 0 Å². The van der Waals surface area contributed by atoms with Crippen LogP contribution in [0.15, 0.2) is 46.0 Å². The minimum Gasteiger partial charge on any atom is -0.481 e. The van der Waals surface area contributed by atoms with Crippen molar-refractivity contribution >= 4 is 27.6 Å². The first-order valence-electron chi connectivity index (χ1n) is 11.7. The van der Waals surface area contributed by atoms with E-state index in [1.165, 1.54) is 6.07 Å². The van der Waals surface area contributed by atoms with Gasteiger partial charge in [0, 0.05) is 23.1 Å². The molecule has 0 aromatic heterocycles. The standard InChI is InChI=1S/C26H30BrF3N2O3/c1-17(20-8-9-21(24(27)14-20)15-31-12-11-25(33)34)32-35-16-18-7-10-22(19-5-3-2-4-6-19)23(13-18)26(28,29)30/h7-10,13-14,19,31H,2-6,11-12,15-16H2,1H3,(H,33,34)/b32-17+. The Labute approximate surface area is 211 Å². The number of alkyl halides is 3. The first-order chi connectivity index (χ1) is 16.6. The second-order valence-electron chi connectivity index (χ2n) is 8.83. The number of hydrogen-bond donors (Lipinski definition) is 2. The highest BCUT2D eigenvalue weighted by Crippen LogP contribution is 2.41. The third-order valence-corrected chi connectivity index (χ3v) is 6.94. The molecule has 190 valence electrons. The van der Waals surface area contributed by atoms with E-state index < -0.39 is 17.7 Å². The van der Waals surface area contributed by atoms with Gasteiger partial charge in [0.05, 0.1) is 17.7 Å². The maximum absolute atomic E-state index is 13.8. The molecular formula is C26H30BrF3N2O3. The average molecular weight is 555 g/mol. The van der Waals surface area contributed by atoms with Gasteiger partial charge in [-0.25, -0.2) is 0 Å². The van der Waals surface area contributed by atoms with E-state index >= 15 is 0 Å². The number of aliphatic carboxylic acids is 1. The number of rotatable bonds is 10. The Kier molecular flexibility index (Phi) is 9.74. The molecule has 0 heterocycles. The Morgan fingerprint density at radius 1 is 1.17 bits per heavy atom. The lowest BCUT2D eigenvalue weighted by Gasteiger charge is -2.25.